The number of carbonyl (C=O) groups excluding carboxylic acids is 3. The fourth-order valence-electron chi connectivity index (χ4n) is 3.44. The Morgan fingerprint density at radius 1 is 0.676 bits per heavy atom. The van der Waals surface area contributed by atoms with Gasteiger partial charge in [-0.05, 0) is 36.4 Å². The van der Waals surface area contributed by atoms with Crippen molar-refractivity contribution in [2.75, 3.05) is 6.61 Å². The predicted molar refractivity (Wildman–Crippen MR) is 121 cm³/mol. The van der Waals surface area contributed by atoms with Crippen LogP contribution >= 0.6 is 0 Å². The molecule has 8 heteroatoms. The van der Waals surface area contributed by atoms with Gasteiger partial charge in [-0.1, -0.05) is 54.6 Å². The van der Waals surface area contributed by atoms with Gasteiger partial charge in [-0.15, -0.1) is 0 Å². The zero-order valence-electron chi connectivity index (χ0n) is 18.1. The Morgan fingerprint density at radius 2 is 1.12 bits per heavy atom. The molecule has 0 saturated carbocycles. The summed E-state index contributed by atoms with van der Waals surface area (Å²) in [7, 11) is 0. The summed E-state index contributed by atoms with van der Waals surface area (Å²) in [6, 6.07) is 24.2. The van der Waals surface area contributed by atoms with Gasteiger partial charge in [0.05, 0.1) is 22.7 Å². The van der Waals surface area contributed by atoms with E-state index in [9.17, 15) is 14.4 Å². The van der Waals surface area contributed by atoms with Crippen LogP contribution in [0.3, 0.4) is 0 Å². The topological polar surface area (TPSA) is 114 Å². The molecule has 2 unspecified atom stereocenters. The number of ether oxygens (including phenoxy) is 4. The number of nitrogens with two attached hydrogens (primary N) is 1. The maximum Gasteiger partial charge on any atom is 0.340 e. The molecule has 3 aromatic rings. The van der Waals surface area contributed by atoms with Crippen molar-refractivity contribution in [3.05, 3.63) is 108 Å². The molecular formula is C26H23NO7. The van der Waals surface area contributed by atoms with E-state index in [1.807, 2.05) is 0 Å². The van der Waals surface area contributed by atoms with E-state index in [0.29, 0.717) is 16.7 Å². The lowest BCUT2D eigenvalue weighted by atomic mass is 10.1. The molecule has 1 fully saturated rings. The van der Waals surface area contributed by atoms with Crippen LogP contribution in [0.2, 0.25) is 0 Å². The molecule has 0 aromatic heterocycles. The lowest BCUT2D eigenvalue weighted by Crippen LogP contribution is -2.45. The highest BCUT2D eigenvalue weighted by Gasteiger charge is 2.48. The molecule has 0 amide bonds. The van der Waals surface area contributed by atoms with Crippen LogP contribution < -0.4 is 5.73 Å². The second kappa shape index (κ2) is 10.7. The highest BCUT2D eigenvalue weighted by molar-refractivity contribution is 5.90. The molecule has 1 aliphatic heterocycles. The Bertz CT molecular complexity index is 1120. The summed E-state index contributed by atoms with van der Waals surface area (Å²) in [5.74, 6) is -1.87. The molecule has 0 bridgehead atoms. The van der Waals surface area contributed by atoms with Crippen molar-refractivity contribution in [2.45, 2.75) is 24.5 Å². The Labute approximate surface area is 196 Å². The molecule has 8 nitrogen and oxygen atoms in total. The second-order valence-electron chi connectivity index (χ2n) is 7.59. The van der Waals surface area contributed by atoms with Crippen molar-refractivity contribution in [1.29, 1.82) is 0 Å². The van der Waals surface area contributed by atoms with E-state index in [0.717, 1.165) is 0 Å². The van der Waals surface area contributed by atoms with Gasteiger partial charge in [0.15, 0.2) is 6.10 Å². The lowest BCUT2D eigenvalue weighted by molar-refractivity contribution is -0.141. The maximum absolute atomic E-state index is 12.6. The van der Waals surface area contributed by atoms with Crippen LogP contribution in [0.4, 0.5) is 0 Å². The standard InChI is InChI=1S/C26H23NO7/c27-21-20(16-31-23(28)17-10-4-1-5-11-17)32-26(34-25(30)19-14-8-3-9-15-19)22(21)33-24(29)18-12-6-2-7-13-18/h1-15,20-22,26H,16,27H2/t20-,21?,22?,26-/m1/s1. The number of rotatable bonds is 7. The first-order valence-electron chi connectivity index (χ1n) is 10.7. The van der Waals surface area contributed by atoms with Crippen LogP contribution in [-0.2, 0) is 18.9 Å². The van der Waals surface area contributed by atoms with Crippen molar-refractivity contribution >= 4 is 17.9 Å². The van der Waals surface area contributed by atoms with Gasteiger partial charge in [-0.25, -0.2) is 14.4 Å². The molecular weight excluding hydrogens is 438 g/mol. The number of carbonyl (C=O) groups is 3. The highest BCUT2D eigenvalue weighted by atomic mass is 16.7. The van der Waals surface area contributed by atoms with Crippen molar-refractivity contribution in [1.82, 2.24) is 0 Å². The second-order valence-corrected chi connectivity index (χ2v) is 7.59. The van der Waals surface area contributed by atoms with Crippen molar-refractivity contribution in [2.24, 2.45) is 5.73 Å². The number of hydrogen-bond donors (Lipinski definition) is 1. The van der Waals surface area contributed by atoms with E-state index in [-0.39, 0.29) is 6.61 Å². The summed E-state index contributed by atoms with van der Waals surface area (Å²) in [5, 5.41) is 0. The average Bonchev–Trinajstić information content (AvgIpc) is 3.17. The van der Waals surface area contributed by atoms with E-state index < -0.39 is 42.4 Å². The van der Waals surface area contributed by atoms with Gasteiger partial charge in [0, 0.05) is 0 Å². The first-order valence-corrected chi connectivity index (χ1v) is 10.7. The fraction of sp³-hybridized carbons (Fsp3) is 0.192. The zero-order valence-corrected chi connectivity index (χ0v) is 18.1. The third-order valence-electron chi connectivity index (χ3n) is 5.26. The molecule has 2 N–H and O–H groups in total. The van der Waals surface area contributed by atoms with Gasteiger partial charge >= 0.3 is 17.9 Å². The van der Waals surface area contributed by atoms with Crippen LogP contribution in [0.15, 0.2) is 91.0 Å². The van der Waals surface area contributed by atoms with Gasteiger partial charge in [-0.3, -0.25) is 0 Å². The van der Waals surface area contributed by atoms with Crippen LogP contribution in [0.5, 0.6) is 0 Å². The lowest BCUT2D eigenvalue weighted by Gasteiger charge is -2.21. The van der Waals surface area contributed by atoms with Crippen LogP contribution in [-0.4, -0.2) is 49.1 Å². The Morgan fingerprint density at radius 3 is 1.62 bits per heavy atom. The van der Waals surface area contributed by atoms with Crippen molar-refractivity contribution < 1.29 is 33.3 Å². The molecule has 1 aliphatic rings. The summed E-state index contributed by atoms with van der Waals surface area (Å²) in [4.78, 5) is 37.6. The minimum atomic E-state index is -1.28. The molecule has 0 radical (unpaired) electrons. The maximum atomic E-state index is 12.6. The summed E-state index contributed by atoms with van der Waals surface area (Å²) in [5.41, 5.74) is 7.27. The number of benzene rings is 3. The monoisotopic (exact) mass is 461 g/mol. The first kappa shape index (κ1) is 23.2. The van der Waals surface area contributed by atoms with Gasteiger partial charge < -0.3 is 24.7 Å². The summed E-state index contributed by atoms with van der Waals surface area (Å²) >= 11 is 0. The molecule has 4 rings (SSSR count). The molecule has 34 heavy (non-hydrogen) atoms. The van der Waals surface area contributed by atoms with E-state index in [2.05, 4.69) is 0 Å². The minimum Gasteiger partial charge on any atom is -0.459 e. The molecule has 1 heterocycles. The van der Waals surface area contributed by atoms with E-state index >= 15 is 0 Å². The predicted octanol–water partition coefficient (Wildman–Crippen LogP) is 2.98. The number of hydrogen-bond acceptors (Lipinski definition) is 8. The van der Waals surface area contributed by atoms with Crippen molar-refractivity contribution in [3.63, 3.8) is 0 Å². The third kappa shape index (κ3) is 5.48. The van der Waals surface area contributed by atoms with Crippen LogP contribution in [0, 0.1) is 0 Å². The van der Waals surface area contributed by atoms with Crippen LogP contribution in [0.25, 0.3) is 0 Å². The molecule has 0 spiro atoms. The van der Waals surface area contributed by atoms with Crippen molar-refractivity contribution in [3.8, 4) is 0 Å². The Kier molecular flexibility index (Phi) is 7.31. The van der Waals surface area contributed by atoms with Gasteiger partial charge in [0.1, 0.15) is 12.7 Å². The number of esters is 3. The average molecular weight is 461 g/mol. The smallest absolute Gasteiger partial charge is 0.340 e. The first-order chi connectivity index (χ1) is 16.5. The molecule has 174 valence electrons. The van der Waals surface area contributed by atoms with E-state index in [1.54, 1.807) is 91.0 Å². The SMILES string of the molecule is NC1C(OC(=O)c2ccccc2)[C@@H](OC(=O)c2ccccc2)O[C@@H]1COC(=O)c1ccccc1. The third-order valence-corrected chi connectivity index (χ3v) is 5.26. The molecule has 0 aliphatic carbocycles. The van der Waals surface area contributed by atoms with Gasteiger partial charge in [0.25, 0.3) is 0 Å². The highest BCUT2D eigenvalue weighted by Crippen LogP contribution is 2.26. The normalized spacial score (nSPS) is 21.4. The Balaban J connectivity index is 1.47. The van der Waals surface area contributed by atoms with Gasteiger partial charge in [-0.2, -0.15) is 0 Å². The summed E-state index contributed by atoms with van der Waals surface area (Å²) < 4.78 is 22.2. The van der Waals surface area contributed by atoms with Crippen LogP contribution in [0.1, 0.15) is 31.1 Å². The largest absolute Gasteiger partial charge is 0.459 e. The molecule has 1 saturated heterocycles. The fourth-order valence-corrected chi connectivity index (χ4v) is 3.44. The van der Waals surface area contributed by atoms with Gasteiger partial charge in [0.2, 0.25) is 6.29 Å². The minimum absolute atomic E-state index is 0.215. The van der Waals surface area contributed by atoms with E-state index in [4.69, 9.17) is 24.7 Å². The Hall–Kier alpha value is -4.01. The molecule has 4 atom stereocenters. The quantitative estimate of drug-likeness (QED) is 0.422. The molecule has 3 aromatic carbocycles. The zero-order chi connectivity index (χ0) is 23.9. The summed E-state index contributed by atoms with van der Waals surface area (Å²) in [6.45, 7) is -0.215. The summed E-state index contributed by atoms with van der Waals surface area (Å²) in [6.07, 6.45) is -3.26. The van der Waals surface area contributed by atoms with E-state index in [1.165, 1.54) is 0 Å².